The standard InChI is InChI=1S/C23H25N7O2/c1-12-5-6-17(31)13(2)20(12)30-21(24)18(19-22(30)27-15(4)14(3)26-19)23(32)28-7-8-29-11-25-9-16(29)10-28/h5-6,9,11,31H,7-8,10,24H2,1-4H3. The van der Waals surface area contributed by atoms with Gasteiger partial charge in [-0.15, -0.1) is 0 Å². The fourth-order valence-electron chi connectivity index (χ4n) is 4.38. The number of rotatable bonds is 2. The van der Waals surface area contributed by atoms with Crippen LogP contribution >= 0.6 is 0 Å². The quantitative estimate of drug-likeness (QED) is 0.504. The van der Waals surface area contributed by atoms with E-state index >= 15 is 0 Å². The minimum absolute atomic E-state index is 0.154. The lowest BCUT2D eigenvalue weighted by atomic mass is 10.1. The highest BCUT2D eigenvalue weighted by Gasteiger charge is 2.31. The molecule has 4 aromatic rings. The van der Waals surface area contributed by atoms with Crippen molar-refractivity contribution in [2.45, 2.75) is 40.8 Å². The SMILES string of the molecule is Cc1ccc(O)c(C)c1-n1c(N)c(C(=O)N2CCn3cncc3C2)c2nc(C)c(C)nc21. The molecule has 32 heavy (non-hydrogen) atoms. The third-order valence-corrected chi connectivity index (χ3v) is 6.33. The van der Waals surface area contributed by atoms with Gasteiger partial charge in [-0.3, -0.25) is 9.36 Å². The predicted molar refractivity (Wildman–Crippen MR) is 121 cm³/mol. The lowest BCUT2D eigenvalue weighted by Gasteiger charge is -2.28. The van der Waals surface area contributed by atoms with Crippen LogP contribution in [0.5, 0.6) is 5.75 Å². The molecular weight excluding hydrogens is 406 g/mol. The smallest absolute Gasteiger partial charge is 0.260 e. The number of nitrogens with zero attached hydrogens (tertiary/aromatic N) is 6. The van der Waals surface area contributed by atoms with Crippen molar-refractivity contribution in [2.24, 2.45) is 0 Å². The van der Waals surface area contributed by atoms with Gasteiger partial charge in [0, 0.05) is 24.8 Å². The van der Waals surface area contributed by atoms with Crippen LogP contribution < -0.4 is 5.73 Å². The molecule has 3 aromatic heterocycles. The van der Waals surface area contributed by atoms with Gasteiger partial charge >= 0.3 is 0 Å². The molecule has 0 atom stereocenters. The van der Waals surface area contributed by atoms with Crippen molar-refractivity contribution in [3.63, 3.8) is 0 Å². The minimum atomic E-state index is -0.188. The van der Waals surface area contributed by atoms with Gasteiger partial charge in [-0.05, 0) is 39.3 Å². The molecule has 0 unspecified atom stereocenters. The molecule has 0 saturated carbocycles. The number of aromatic nitrogens is 5. The second kappa shape index (κ2) is 7.08. The van der Waals surface area contributed by atoms with Crippen molar-refractivity contribution in [2.75, 3.05) is 12.3 Å². The van der Waals surface area contributed by atoms with Gasteiger partial charge in [0.25, 0.3) is 5.91 Å². The molecule has 0 saturated heterocycles. The molecule has 0 aliphatic carbocycles. The van der Waals surface area contributed by atoms with E-state index in [9.17, 15) is 9.90 Å². The van der Waals surface area contributed by atoms with E-state index in [0.717, 1.165) is 22.6 Å². The summed E-state index contributed by atoms with van der Waals surface area (Å²) in [6.45, 7) is 9.19. The van der Waals surface area contributed by atoms with Crippen molar-refractivity contribution in [1.82, 2.24) is 29.0 Å². The molecular formula is C23H25N7O2. The Hall–Kier alpha value is -3.88. The summed E-state index contributed by atoms with van der Waals surface area (Å²) in [7, 11) is 0. The number of imidazole rings is 1. The molecule has 0 radical (unpaired) electrons. The van der Waals surface area contributed by atoms with E-state index in [1.807, 2.05) is 38.3 Å². The topological polar surface area (TPSA) is 115 Å². The average molecular weight is 432 g/mol. The number of aryl methyl sites for hydroxylation is 3. The molecule has 4 heterocycles. The van der Waals surface area contributed by atoms with Crippen LogP contribution in [0.15, 0.2) is 24.7 Å². The van der Waals surface area contributed by atoms with Crippen LogP contribution in [0.3, 0.4) is 0 Å². The first-order chi connectivity index (χ1) is 15.3. The van der Waals surface area contributed by atoms with Gasteiger partial charge in [0.15, 0.2) is 5.65 Å². The summed E-state index contributed by atoms with van der Waals surface area (Å²) in [4.78, 5) is 29.2. The van der Waals surface area contributed by atoms with Crippen LogP contribution in [-0.2, 0) is 13.1 Å². The number of nitrogens with two attached hydrogens (primary N) is 1. The molecule has 0 spiro atoms. The summed E-state index contributed by atoms with van der Waals surface area (Å²) >= 11 is 0. The second-order valence-electron chi connectivity index (χ2n) is 8.34. The molecule has 5 rings (SSSR count). The van der Waals surface area contributed by atoms with E-state index in [1.54, 1.807) is 28.1 Å². The van der Waals surface area contributed by atoms with Gasteiger partial charge in [-0.1, -0.05) is 6.07 Å². The Morgan fingerprint density at radius 3 is 2.62 bits per heavy atom. The molecule has 1 aliphatic heterocycles. The van der Waals surface area contributed by atoms with Gasteiger partial charge in [0.05, 0.1) is 35.6 Å². The predicted octanol–water partition coefficient (Wildman–Crippen LogP) is 2.79. The zero-order valence-electron chi connectivity index (χ0n) is 18.5. The Morgan fingerprint density at radius 1 is 1.09 bits per heavy atom. The van der Waals surface area contributed by atoms with Crippen molar-refractivity contribution in [3.8, 4) is 11.4 Å². The first-order valence-corrected chi connectivity index (χ1v) is 10.5. The number of benzene rings is 1. The largest absolute Gasteiger partial charge is 0.508 e. The number of hydrogen-bond donors (Lipinski definition) is 2. The number of amides is 1. The zero-order chi connectivity index (χ0) is 22.7. The monoisotopic (exact) mass is 431 g/mol. The molecule has 0 bridgehead atoms. The van der Waals surface area contributed by atoms with E-state index in [2.05, 4.69) is 4.98 Å². The number of phenolic OH excluding ortho intramolecular Hbond substituents is 1. The number of carbonyl (C=O) groups is 1. The van der Waals surface area contributed by atoms with Gasteiger partial charge in [0.2, 0.25) is 0 Å². The number of anilines is 1. The maximum absolute atomic E-state index is 13.7. The van der Waals surface area contributed by atoms with E-state index in [0.29, 0.717) is 47.6 Å². The molecule has 3 N–H and O–H groups in total. The molecule has 9 heteroatoms. The summed E-state index contributed by atoms with van der Waals surface area (Å²) in [6.07, 6.45) is 3.56. The third kappa shape index (κ3) is 2.84. The second-order valence-corrected chi connectivity index (χ2v) is 8.34. The number of hydrogen-bond acceptors (Lipinski definition) is 6. The fraction of sp³-hybridized carbons (Fsp3) is 0.304. The van der Waals surface area contributed by atoms with E-state index < -0.39 is 0 Å². The molecule has 1 aliphatic rings. The van der Waals surface area contributed by atoms with E-state index in [4.69, 9.17) is 15.7 Å². The first-order valence-electron chi connectivity index (χ1n) is 10.5. The van der Waals surface area contributed by atoms with Crippen molar-refractivity contribution in [3.05, 3.63) is 58.4 Å². The Kier molecular flexibility index (Phi) is 4.44. The zero-order valence-corrected chi connectivity index (χ0v) is 18.5. The van der Waals surface area contributed by atoms with Crippen LogP contribution in [0.25, 0.3) is 16.9 Å². The lowest BCUT2D eigenvalue weighted by Crippen LogP contribution is -2.38. The highest BCUT2D eigenvalue weighted by molar-refractivity contribution is 6.10. The Bertz CT molecular complexity index is 1400. The summed E-state index contributed by atoms with van der Waals surface area (Å²) in [6, 6.07) is 3.48. The highest BCUT2D eigenvalue weighted by Crippen LogP contribution is 2.36. The van der Waals surface area contributed by atoms with E-state index in [-0.39, 0.29) is 17.5 Å². The van der Waals surface area contributed by atoms with E-state index in [1.165, 1.54) is 0 Å². The van der Waals surface area contributed by atoms with Crippen molar-refractivity contribution >= 4 is 22.9 Å². The normalized spacial score (nSPS) is 13.6. The number of aromatic hydroxyl groups is 1. The minimum Gasteiger partial charge on any atom is -0.508 e. The van der Waals surface area contributed by atoms with Gasteiger partial charge in [0.1, 0.15) is 22.6 Å². The Balaban J connectivity index is 1.75. The third-order valence-electron chi connectivity index (χ3n) is 6.33. The molecule has 1 aromatic carbocycles. The van der Waals surface area contributed by atoms with Crippen LogP contribution in [0.4, 0.5) is 5.82 Å². The fourth-order valence-corrected chi connectivity index (χ4v) is 4.38. The summed E-state index contributed by atoms with van der Waals surface area (Å²) < 4.78 is 3.80. The molecule has 0 fully saturated rings. The number of fused-ring (bicyclic) bond motifs is 2. The molecule has 9 nitrogen and oxygen atoms in total. The van der Waals surface area contributed by atoms with Gasteiger partial charge in [-0.2, -0.15) is 0 Å². The maximum atomic E-state index is 13.7. The summed E-state index contributed by atoms with van der Waals surface area (Å²) in [5.41, 5.74) is 12.7. The summed E-state index contributed by atoms with van der Waals surface area (Å²) in [5, 5.41) is 10.4. The van der Waals surface area contributed by atoms with Gasteiger partial charge < -0.3 is 20.3 Å². The first kappa shape index (κ1) is 20.0. The van der Waals surface area contributed by atoms with Crippen LogP contribution in [0, 0.1) is 27.7 Å². The number of nitrogen functional groups attached to an aromatic ring is 1. The lowest BCUT2D eigenvalue weighted by molar-refractivity contribution is 0.0714. The van der Waals surface area contributed by atoms with Crippen LogP contribution in [-0.4, -0.2) is 46.5 Å². The van der Waals surface area contributed by atoms with Crippen LogP contribution in [0.1, 0.15) is 38.6 Å². The number of phenols is 1. The molecule has 1 amide bonds. The van der Waals surface area contributed by atoms with Crippen LogP contribution in [0.2, 0.25) is 0 Å². The molecule has 164 valence electrons. The maximum Gasteiger partial charge on any atom is 0.260 e. The Morgan fingerprint density at radius 2 is 1.84 bits per heavy atom. The average Bonchev–Trinajstić information content (AvgIpc) is 3.33. The summed E-state index contributed by atoms with van der Waals surface area (Å²) in [5.74, 6) is 0.235. The Labute approximate surface area is 185 Å². The van der Waals surface area contributed by atoms with Crippen molar-refractivity contribution in [1.29, 1.82) is 0 Å². The van der Waals surface area contributed by atoms with Gasteiger partial charge in [-0.25, -0.2) is 15.0 Å². The van der Waals surface area contributed by atoms with Crippen molar-refractivity contribution < 1.29 is 9.90 Å². The number of carbonyl (C=O) groups excluding carboxylic acids is 1. The highest BCUT2D eigenvalue weighted by atomic mass is 16.3.